The van der Waals surface area contributed by atoms with Gasteiger partial charge >= 0.3 is 0 Å². The topological polar surface area (TPSA) is 58.2 Å². The standard InChI is InChI=1S/C16H14Cl2N2O2S/c17-10-5-6-11(12(18)8-10)15(21)19-20-16(22)14-7-9-3-1-2-4-13(9)23-14/h5-8H,1-4H2,(H,19,21)(H,20,22). The highest BCUT2D eigenvalue weighted by Gasteiger charge is 2.18. The van der Waals surface area contributed by atoms with Crippen molar-refractivity contribution in [3.05, 3.63) is 55.2 Å². The van der Waals surface area contributed by atoms with Gasteiger partial charge in [-0.25, -0.2) is 0 Å². The molecule has 0 fully saturated rings. The van der Waals surface area contributed by atoms with E-state index in [2.05, 4.69) is 10.9 Å². The van der Waals surface area contributed by atoms with E-state index in [0.717, 1.165) is 19.3 Å². The van der Waals surface area contributed by atoms with Gasteiger partial charge in [0.15, 0.2) is 0 Å². The molecule has 2 amide bonds. The van der Waals surface area contributed by atoms with Crippen LogP contribution in [0, 0.1) is 0 Å². The molecule has 120 valence electrons. The number of halogens is 2. The second-order valence-corrected chi connectivity index (χ2v) is 7.28. The van der Waals surface area contributed by atoms with E-state index in [1.165, 1.54) is 40.3 Å². The van der Waals surface area contributed by atoms with E-state index in [-0.39, 0.29) is 16.5 Å². The molecule has 4 nitrogen and oxygen atoms in total. The Labute approximate surface area is 147 Å². The summed E-state index contributed by atoms with van der Waals surface area (Å²) in [7, 11) is 0. The molecule has 1 aliphatic rings. The maximum atomic E-state index is 12.2. The van der Waals surface area contributed by atoms with Crippen molar-refractivity contribution in [1.29, 1.82) is 0 Å². The number of carbonyl (C=O) groups excluding carboxylic acids is 2. The van der Waals surface area contributed by atoms with Crippen molar-refractivity contribution in [2.24, 2.45) is 0 Å². The molecule has 0 radical (unpaired) electrons. The molecule has 0 spiro atoms. The Morgan fingerprint density at radius 1 is 1.00 bits per heavy atom. The third kappa shape index (κ3) is 3.68. The molecule has 0 atom stereocenters. The van der Waals surface area contributed by atoms with Crippen LogP contribution in [0.1, 0.15) is 43.3 Å². The summed E-state index contributed by atoms with van der Waals surface area (Å²) < 4.78 is 0. The molecule has 23 heavy (non-hydrogen) atoms. The number of benzene rings is 1. The zero-order valence-corrected chi connectivity index (χ0v) is 14.4. The lowest BCUT2D eigenvalue weighted by Crippen LogP contribution is -2.41. The van der Waals surface area contributed by atoms with Crippen molar-refractivity contribution in [3.63, 3.8) is 0 Å². The van der Waals surface area contributed by atoms with Gasteiger partial charge in [-0.2, -0.15) is 0 Å². The van der Waals surface area contributed by atoms with E-state index in [1.54, 1.807) is 6.07 Å². The minimum atomic E-state index is -0.485. The first-order valence-corrected chi connectivity index (χ1v) is 8.79. The van der Waals surface area contributed by atoms with E-state index in [1.807, 2.05) is 6.07 Å². The summed E-state index contributed by atoms with van der Waals surface area (Å²) >= 11 is 13.3. The molecule has 2 aromatic rings. The van der Waals surface area contributed by atoms with Gasteiger partial charge in [-0.1, -0.05) is 23.2 Å². The Morgan fingerprint density at radius 3 is 2.48 bits per heavy atom. The van der Waals surface area contributed by atoms with E-state index < -0.39 is 5.91 Å². The first-order chi connectivity index (χ1) is 11.0. The van der Waals surface area contributed by atoms with Crippen LogP contribution in [-0.4, -0.2) is 11.8 Å². The number of carbonyl (C=O) groups is 2. The summed E-state index contributed by atoms with van der Waals surface area (Å²) in [5.41, 5.74) is 6.31. The zero-order chi connectivity index (χ0) is 16.4. The number of hydrogen-bond acceptors (Lipinski definition) is 3. The van der Waals surface area contributed by atoms with Gasteiger partial charge in [0, 0.05) is 9.90 Å². The molecule has 1 heterocycles. The molecule has 3 rings (SSSR count). The van der Waals surface area contributed by atoms with Crippen molar-refractivity contribution < 1.29 is 9.59 Å². The Kier molecular flexibility index (Phi) is 4.90. The number of hydrogen-bond donors (Lipinski definition) is 2. The molecule has 1 aliphatic carbocycles. The second kappa shape index (κ2) is 6.91. The number of nitrogens with one attached hydrogen (secondary N) is 2. The maximum Gasteiger partial charge on any atom is 0.279 e. The third-order valence-corrected chi connectivity index (χ3v) is 5.47. The number of fused-ring (bicyclic) bond motifs is 1. The van der Waals surface area contributed by atoms with Crippen LogP contribution >= 0.6 is 34.5 Å². The van der Waals surface area contributed by atoms with Crippen molar-refractivity contribution >= 4 is 46.4 Å². The molecule has 0 saturated carbocycles. The summed E-state index contributed by atoms with van der Waals surface area (Å²) in [5.74, 6) is -0.802. The lowest BCUT2D eigenvalue weighted by molar-refractivity contribution is 0.0849. The molecule has 7 heteroatoms. The number of rotatable bonds is 2. The minimum absolute atomic E-state index is 0.232. The van der Waals surface area contributed by atoms with Gasteiger partial charge < -0.3 is 0 Å². The van der Waals surface area contributed by atoms with Gasteiger partial charge in [-0.05, 0) is 55.5 Å². The van der Waals surface area contributed by atoms with E-state index >= 15 is 0 Å². The second-order valence-electron chi connectivity index (χ2n) is 5.30. The molecule has 2 N–H and O–H groups in total. The highest BCUT2D eigenvalue weighted by atomic mass is 35.5. The largest absolute Gasteiger partial charge is 0.279 e. The van der Waals surface area contributed by atoms with E-state index in [0.29, 0.717) is 9.90 Å². The molecule has 1 aromatic carbocycles. The summed E-state index contributed by atoms with van der Waals surface area (Å²) in [6, 6.07) is 6.47. The van der Waals surface area contributed by atoms with Crippen molar-refractivity contribution in [3.8, 4) is 0 Å². The average molecular weight is 369 g/mol. The van der Waals surface area contributed by atoms with Gasteiger partial charge in [0.1, 0.15) is 0 Å². The highest BCUT2D eigenvalue weighted by molar-refractivity contribution is 7.14. The van der Waals surface area contributed by atoms with Crippen LogP contribution in [0.25, 0.3) is 0 Å². The summed E-state index contributed by atoms with van der Waals surface area (Å²) in [6.45, 7) is 0. The van der Waals surface area contributed by atoms with Crippen LogP contribution in [0.2, 0.25) is 10.0 Å². The number of aryl methyl sites for hydroxylation is 2. The Bertz CT molecular complexity index is 750. The van der Waals surface area contributed by atoms with Crippen LogP contribution in [0.15, 0.2) is 24.3 Å². The predicted molar refractivity (Wildman–Crippen MR) is 92.4 cm³/mol. The van der Waals surface area contributed by atoms with Crippen LogP contribution < -0.4 is 10.9 Å². The fourth-order valence-electron chi connectivity index (χ4n) is 2.52. The average Bonchev–Trinajstić information content (AvgIpc) is 2.96. The van der Waals surface area contributed by atoms with Crippen molar-refractivity contribution in [2.75, 3.05) is 0 Å². The molecule has 0 unspecified atom stereocenters. The van der Waals surface area contributed by atoms with Crippen molar-refractivity contribution in [1.82, 2.24) is 10.9 Å². The third-order valence-electron chi connectivity index (χ3n) is 3.69. The van der Waals surface area contributed by atoms with Crippen LogP contribution in [-0.2, 0) is 12.8 Å². The van der Waals surface area contributed by atoms with Gasteiger partial charge in [0.25, 0.3) is 11.8 Å². The highest BCUT2D eigenvalue weighted by Crippen LogP contribution is 2.29. The maximum absolute atomic E-state index is 12.2. The monoisotopic (exact) mass is 368 g/mol. The van der Waals surface area contributed by atoms with Gasteiger partial charge in [0.2, 0.25) is 0 Å². The van der Waals surface area contributed by atoms with Crippen LogP contribution in [0.5, 0.6) is 0 Å². The predicted octanol–water partition coefficient (Wildman–Crippen LogP) is 4.01. The fourth-order valence-corrected chi connectivity index (χ4v) is 4.16. The van der Waals surface area contributed by atoms with Crippen LogP contribution in [0.3, 0.4) is 0 Å². The lowest BCUT2D eigenvalue weighted by atomic mass is 9.99. The SMILES string of the molecule is O=C(NNC(=O)c1ccc(Cl)cc1Cl)c1cc2c(s1)CCCC2. The lowest BCUT2D eigenvalue weighted by Gasteiger charge is -2.08. The van der Waals surface area contributed by atoms with Crippen molar-refractivity contribution in [2.45, 2.75) is 25.7 Å². The van der Waals surface area contributed by atoms with Crippen LogP contribution in [0.4, 0.5) is 0 Å². The zero-order valence-electron chi connectivity index (χ0n) is 12.1. The fraction of sp³-hybridized carbons (Fsp3) is 0.250. The molecule has 1 aromatic heterocycles. The summed E-state index contributed by atoms with van der Waals surface area (Å²) in [6.07, 6.45) is 4.38. The Hall–Kier alpha value is -1.56. The van der Waals surface area contributed by atoms with E-state index in [9.17, 15) is 9.59 Å². The van der Waals surface area contributed by atoms with Gasteiger partial charge in [0.05, 0.1) is 15.5 Å². The number of hydrazine groups is 1. The first kappa shape index (κ1) is 16.3. The van der Waals surface area contributed by atoms with Gasteiger partial charge in [-0.15, -0.1) is 11.3 Å². The number of thiophene rings is 1. The molecule has 0 aliphatic heterocycles. The van der Waals surface area contributed by atoms with Gasteiger partial charge in [-0.3, -0.25) is 20.4 Å². The summed E-state index contributed by atoms with van der Waals surface area (Å²) in [4.78, 5) is 26.1. The summed E-state index contributed by atoms with van der Waals surface area (Å²) in [5, 5.41) is 0.676. The molecule has 0 saturated heterocycles. The molecular weight excluding hydrogens is 355 g/mol. The minimum Gasteiger partial charge on any atom is -0.267 e. The first-order valence-electron chi connectivity index (χ1n) is 7.22. The smallest absolute Gasteiger partial charge is 0.267 e. The number of amides is 2. The normalized spacial score (nSPS) is 13.3. The quantitative estimate of drug-likeness (QED) is 0.786. The molecular formula is C16H14Cl2N2O2S. The Morgan fingerprint density at radius 2 is 1.74 bits per heavy atom. The Balaban J connectivity index is 1.64. The molecule has 0 bridgehead atoms. The van der Waals surface area contributed by atoms with E-state index in [4.69, 9.17) is 23.2 Å².